The summed E-state index contributed by atoms with van der Waals surface area (Å²) in [5, 5.41) is 0.502. The van der Waals surface area contributed by atoms with Gasteiger partial charge in [0, 0.05) is 10.2 Å². The molecule has 0 radical (unpaired) electrons. The average molecular weight is 348 g/mol. The first-order valence-corrected chi connectivity index (χ1v) is 7.02. The Balaban J connectivity index is 2.11. The third-order valence-corrected chi connectivity index (χ3v) is 3.73. The lowest BCUT2D eigenvalue weighted by atomic mass is 10.1. The molecule has 3 rings (SSSR count). The Bertz CT molecular complexity index is 892. The molecule has 0 amide bonds. The van der Waals surface area contributed by atoms with Crippen molar-refractivity contribution in [1.29, 1.82) is 0 Å². The maximum atomic E-state index is 13.3. The second kappa shape index (κ2) is 5.29. The zero-order chi connectivity index (χ0) is 15.0. The van der Waals surface area contributed by atoms with Crippen LogP contribution in [0.4, 0.5) is 10.1 Å². The number of hydrogen-bond acceptors (Lipinski definition) is 3. The van der Waals surface area contributed by atoms with Crippen molar-refractivity contribution in [3.05, 3.63) is 68.9 Å². The van der Waals surface area contributed by atoms with Crippen molar-refractivity contribution in [3.8, 4) is 0 Å². The first-order valence-electron chi connectivity index (χ1n) is 6.23. The number of hydrogen-bond donors (Lipinski definition) is 1. The molecule has 2 N–H and O–H groups in total. The van der Waals surface area contributed by atoms with Crippen molar-refractivity contribution in [3.63, 3.8) is 0 Å². The summed E-state index contributed by atoms with van der Waals surface area (Å²) in [5.41, 5.74) is 7.23. The van der Waals surface area contributed by atoms with Gasteiger partial charge in [-0.1, -0.05) is 15.9 Å². The lowest BCUT2D eigenvalue weighted by Gasteiger charge is -2.09. The number of nitrogens with two attached hydrogens (primary N) is 1. The van der Waals surface area contributed by atoms with Gasteiger partial charge in [0.2, 0.25) is 0 Å². The number of fused-ring (bicyclic) bond motifs is 1. The van der Waals surface area contributed by atoms with Crippen LogP contribution in [0.1, 0.15) is 5.56 Å². The van der Waals surface area contributed by atoms with E-state index in [1.165, 1.54) is 29.1 Å². The summed E-state index contributed by atoms with van der Waals surface area (Å²) in [6, 6.07) is 9.41. The van der Waals surface area contributed by atoms with Crippen molar-refractivity contribution in [2.75, 3.05) is 5.73 Å². The Kier molecular flexibility index (Phi) is 3.47. The smallest absolute Gasteiger partial charge is 0.261 e. The fraction of sp³-hybridized carbons (Fsp3) is 0.0667. The van der Waals surface area contributed by atoms with Gasteiger partial charge in [0.15, 0.2) is 0 Å². The van der Waals surface area contributed by atoms with E-state index in [1.807, 2.05) is 6.07 Å². The maximum absolute atomic E-state index is 13.3. The first kappa shape index (κ1) is 13.8. The predicted octanol–water partition coefficient (Wildman–Crippen LogP) is 2.93. The van der Waals surface area contributed by atoms with Crippen LogP contribution in [-0.2, 0) is 6.54 Å². The Morgan fingerprint density at radius 3 is 2.86 bits per heavy atom. The van der Waals surface area contributed by atoms with Crippen LogP contribution in [0.3, 0.4) is 0 Å². The largest absolute Gasteiger partial charge is 0.398 e. The molecule has 1 heterocycles. The lowest BCUT2D eigenvalue weighted by Crippen LogP contribution is -2.21. The summed E-state index contributed by atoms with van der Waals surface area (Å²) in [7, 11) is 0. The van der Waals surface area contributed by atoms with Gasteiger partial charge >= 0.3 is 0 Å². The van der Waals surface area contributed by atoms with Crippen LogP contribution in [-0.4, -0.2) is 9.55 Å². The van der Waals surface area contributed by atoms with Gasteiger partial charge in [0.1, 0.15) is 5.82 Å². The minimum Gasteiger partial charge on any atom is -0.398 e. The summed E-state index contributed by atoms with van der Waals surface area (Å²) in [4.78, 5) is 16.7. The summed E-state index contributed by atoms with van der Waals surface area (Å²) >= 11 is 3.33. The zero-order valence-corrected chi connectivity index (χ0v) is 12.5. The van der Waals surface area contributed by atoms with Crippen LogP contribution in [0.2, 0.25) is 0 Å². The number of anilines is 1. The van der Waals surface area contributed by atoms with Crippen LogP contribution < -0.4 is 11.3 Å². The summed E-state index contributed by atoms with van der Waals surface area (Å²) < 4.78 is 15.5. The fourth-order valence-corrected chi connectivity index (χ4v) is 2.50. The third kappa shape index (κ3) is 2.67. The highest BCUT2D eigenvalue weighted by Gasteiger charge is 2.07. The van der Waals surface area contributed by atoms with E-state index in [-0.39, 0.29) is 17.9 Å². The molecule has 0 saturated carbocycles. The van der Waals surface area contributed by atoms with Crippen molar-refractivity contribution >= 4 is 32.5 Å². The molecule has 0 fully saturated rings. The average Bonchev–Trinajstić information content (AvgIpc) is 2.46. The minimum atomic E-state index is -0.385. The predicted molar refractivity (Wildman–Crippen MR) is 83.6 cm³/mol. The molecule has 2 aromatic carbocycles. The lowest BCUT2D eigenvalue weighted by molar-refractivity contribution is 0.623. The van der Waals surface area contributed by atoms with Crippen LogP contribution in [0.5, 0.6) is 0 Å². The van der Waals surface area contributed by atoms with Crippen molar-refractivity contribution in [2.24, 2.45) is 0 Å². The highest BCUT2D eigenvalue weighted by Crippen LogP contribution is 2.17. The van der Waals surface area contributed by atoms with Gasteiger partial charge in [-0.25, -0.2) is 9.37 Å². The van der Waals surface area contributed by atoms with Gasteiger partial charge in [-0.05, 0) is 42.0 Å². The van der Waals surface area contributed by atoms with Gasteiger partial charge < -0.3 is 5.73 Å². The van der Waals surface area contributed by atoms with E-state index in [9.17, 15) is 9.18 Å². The van der Waals surface area contributed by atoms with E-state index >= 15 is 0 Å². The quantitative estimate of drug-likeness (QED) is 0.725. The van der Waals surface area contributed by atoms with Crippen LogP contribution in [0.25, 0.3) is 10.9 Å². The number of rotatable bonds is 2. The third-order valence-electron chi connectivity index (χ3n) is 3.23. The van der Waals surface area contributed by atoms with E-state index in [1.54, 1.807) is 12.1 Å². The van der Waals surface area contributed by atoms with Crippen LogP contribution >= 0.6 is 15.9 Å². The monoisotopic (exact) mass is 347 g/mol. The molecule has 1 aromatic heterocycles. The topological polar surface area (TPSA) is 60.9 Å². The Morgan fingerprint density at radius 1 is 1.24 bits per heavy atom. The number of nitrogen functional groups attached to an aromatic ring is 1. The van der Waals surface area contributed by atoms with E-state index in [0.29, 0.717) is 22.2 Å². The number of nitrogens with zero attached hydrogens (tertiary/aromatic N) is 2. The first-order chi connectivity index (χ1) is 10.0. The molecule has 0 aliphatic rings. The Morgan fingerprint density at radius 2 is 2.05 bits per heavy atom. The molecule has 4 nitrogen and oxygen atoms in total. The maximum Gasteiger partial charge on any atom is 0.261 e. The standard InChI is InChI=1S/C15H11BrFN3O/c16-10-1-4-14-12(6-10)15(21)20(8-19-14)7-9-5-11(17)2-3-13(9)18/h1-6,8H,7,18H2. The molecule has 21 heavy (non-hydrogen) atoms. The van der Waals surface area contributed by atoms with Crippen molar-refractivity contribution in [1.82, 2.24) is 9.55 Å². The van der Waals surface area contributed by atoms with E-state index in [4.69, 9.17) is 5.73 Å². The van der Waals surface area contributed by atoms with E-state index in [2.05, 4.69) is 20.9 Å². The minimum absolute atomic E-state index is 0.178. The van der Waals surface area contributed by atoms with E-state index < -0.39 is 0 Å². The molecule has 106 valence electrons. The highest BCUT2D eigenvalue weighted by molar-refractivity contribution is 9.10. The van der Waals surface area contributed by atoms with Gasteiger partial charge in [-0.2, -0.15) is 0 Å². The normalized spacial score (nSPS) is 11.0. The summed E-state index contributed by atoms with van der Waals surface area (Å²) in [6.45, 7) is 0.178. The second-order valence-electron chi connectivity index (χ2n) is 4.68. The molecule has 3 aromatic rings. The van der Waals surface area contributed by atoms with Gasteiger partial charge in [-0.3, -0.25) is 9.36 Å². The molecule has 0 saturated heterocycles. The molecule has 0 unspecified atom stereocenters. The molecule has 6 heteroatoms. The van der Waals surface area contributed by atoms with Crippen molar-refractivity contribution in [2.45, 2.75) is 6.54 Å². The van der Waals surface area contributed by atoms with Gasteiger partial charge in [0.05, 0.1) is 23.8 Å². The van der Waals surface area contributed by atoms with Crippen LogP contribution in [0.15, 0.2) is 52.0 Å². The zero-order valence-electron chi connectivity index (χ0n) is 10.9. The fourth-order valence-electron chi connectivity index (χ4n) is 2.14. The van der Waals surface area contributed by atoms with Crippen molar-refractivity contribution < 1.29 is 4.39 Å². The van der Waals surface area contributed by atoms with E-state index in [0.717, 1.165) is 4.47 Å². The molecule has 0 atom stereocenters. The Labute approximate surface area is 128 Å². The Hall–Kier alpha value is -2.21. The van der Waals surface area contributed by atoms with Gasteiger partial charge in [-0.15, -0.1) is 0 Å². The molecule has 0 bridgehead atoms. The highest BCUT2D eigenvalue weighted by atomic mass is 79.9. The summed E-state index contributed by atoms with van der Waals surface area (Å²) in [5.74, 6) is -0.385. The number of halogens is 2. The van der Waals surface area contributed by atoms with Gasteiger partial charge in [0.25, 0.3) is 5.56 Å². The molecule has 0 aliphatic carbocycles. The molecular formula is C15H11BrFN3O. The second-order valence-corrected chi connectivity index (χ2v) is 5.60. The molecular weight excluding hydrogens is 337 g/mol. The molecule has 0 spiro atoms. The number of aromatic nitrogens is 2. The van der Waals surface area contributed by atoms with Crippen LogP contribution in [0, 0.1) is 5.82 Å². The molecule has 0 aliphatic heterocycles. The summed E-state index contributed by atoms with van der Waals surface area (Å²) in [6.07, 6.45) is 1.45. The SMILES string of the molecule is Nc1ccc(F)cc1Cn1cnc2ccc(Br)cc2c1=O. The number of benzene rings is 2.